The Hall–Kier alpha value is -2.95. The molecule has 2 fully saturated rings. The Bertz CT molecular complexity index is 907. The molecule has 0 N–H and O–H groups in total. The Balaban J connectivity index is 1.29. The van der Waals surface area contributed by atoms with Crippen LogP contribution < -0.4 is 0 Å². The number of likely N-dealkylation sites (tertiary alicyclic amines) is 1. The van der Waals surface area contributed by atoms with Gasteiger partial charge in [-0.1, -0.05) is 61.7 Å². The highest BCUT2D eigenvalue weighted by Gasteiger charge is 2.33. The van der Waals surface area contributed by atoms with E-state index in [0.717, 1.165) is 25.4 Å². The summed E-state index contributed by atoms with van der Waals surface area (Å²) in [7, 11) is 0. The van der Waals surface area contributed by atoms with Crippen LogP contribution in [-0.4, -0.2) is 42.3 Å². The first-order valence-corrected chi connectivity index (χ1v) is 10.8. The first-order chi connectivity index (χ1) is 14.6. The minimum Gasteiger partial charge on any atom is -0.452 e. The Morgan fingerprint density at radius 2 is 1.43 bits per heavy atom. The van der Waals surface area contributed by atoms with Crippen LogP contribution in [0.5, 0.6) is 0 Å². The van der Waals surface area contributed by atoms with Gasteiger partial charge < -0.3 is 9.64 Å². The van der Waals surface area contributed by atoms with Crippen molar-refractivity contribution in [2.24, 2.45) is 11.8 Å². The molecule has 0 spiro atoms. The summed E-state index contributed by atoms with van der Waals surface area (Å²) in [6, 6.07) is 15.3. The number of esters is 1. The molecule has 30 heavy (non-hydrogen) atoms. The standard InChI is InChI=1S/C25H27NO4/c27-23(26-15-14-18-6-4-5-9-22(18)16-26)17-30-25(29)21-12-10-20(11-13-21)24(28)19-7-2-1-3-8-19/h1-3,7-8,10-13,18,22H,4-6,9,14-17H2/t18-,22+/m0/s1. The molecule has 2 aromatic rings. The van der Waals surface area contributed by atoms with Crippen LogP contribution in [0.1, 0.15) is 58.4 Å². The number of hydrogen-bond acceptors (Lipinski definition) is 4. The van der Waals surface area contributed by atoms with Gasteiger partial charge in [0.05, 0.1) is 5.56 Å². The summed E-state index contributed by atoms with van der Waals surface area (Å²) in [5, 5.41) is 0. The molecule has 1 heterocycles. The van der Waals surface area contributed by atoms with E-state index in [9.17, 15) is 14.4 Å². The highest BCUT2D eigenvalue weighted by Crippen LogP contribution is 2.36. The molecule has 1 amide bonds. The Labute approximate surface area is 177 Å². The van der Waals surface area contributed by atoms with Gasteiger partial charge in [0.25, 0.3) is 5.91 Å². The molecule has 0 unspecified atom stereocenters. The van der Waals surface area contributed by atoms with E-state index >= 15 is 0 Å². The highest BCUT2D eigenvalue weighted by atomic mass is 16.5. The van der Waals surface area contributed by atoms with Gasteiger partial charge in [-0.15, -0.1) is 0 Å². The molecule has 4 rings (SSSR count). The van der Waals surface area contributed by atoms with E-state index in [4.69, 9.17) is 4.74 Å². The largest absolute Gasteiger partial charge is 0.452 e. The summed E-state index contributed by atoms with van der Waals surface area (Å²) in [4.78, 5) is 39.1. The molecule has 5 nitrogen and oxygen atoms in total. The molecule has 2 aliphatic rings. The van der Waals surface area contributed by atoms with Crippen molar-refractivity contribution in [3.63, 3.8) is 0 Å². The topological polar surface area (TPSA) is 63.7 Å². The number of nitrogens with zero attached hydrogens (tertiary/aromatic N) is 1. The number of piperidine rings is 1. The first kappa shape index (κ1) is 20.3. The molecule has 0 bridgehead atoms. The predicted molar refractivity (Wildman–Crippen MR) is 113 cm³/mol. The van der Waals surface area contributed by atoms with Crippen molar-refractivity contribution in [3.05, 3.63) is 71.3 Å². The summed E-state index contributed by atoms with van der Waals surface area (Å²) in [6.45, 7) is 1.31. The van der Waals surface area contributed by atoms with Gasteiger partial charge in [0.1, 0.15) is 0 Å². The zero-order valence-electron chi connectivity index (χ0n) is 17.1. The first-order valence-electron chi connectivity index (χ1n) is 10.8. The highest BCUT2D eigenvalue weighted by molar-refractivity contribution is 6.09. The van der Waals surface area contributed by atoms with Gasteiger partial charge in [-0.25, -0.2) is 4.79 Å². The van der Waals surface area contributed by atoms with Crippen LogP contribution in [0.25, 0.3) is 0 Å². The molecule has 0 aromatic heterocycles. The molecule has 1 aliphatic carbocycles. The summed E-state index contributed by atoms with van der Waals surface area (Å²) in [5.74, 6) is 0.582. The number of fused-ring (bicyclic) bond motifs is 1. The van der Waals surface area contributed by atoms with Crippen molar-refractivity contribution >= 4 is 17.7 Å². The molecule has 2 atom stereocenters. The Kier molecular flexibility index (Phi) is 6.26. The number of amides is 1. The molecule has 1 aliphatic heterocycles. The number of rotatable bonds is 5. The zero-order valence-corrected chi connectivity index (χ0v) is 17.1. The van der Waals surface area contributed by atoms with Crippen LogP contribution in [0.15, 0.2) is 54.6 Å². The molecule has 1 saturated heterocycles. The summed E-state index contributed by atoms with van der Waals surface area (Å²) in [5.41, 5.74) is 1.43. The molecule has 1 saturated carbocycles. The number of benzene rings is 2. The fourth-order valence-electron chi connectivity index (χ4n) is 4.64. The maximum Gasteiger partial charge on any atom is 0.338 e. The quantitative estimate of drug-likeness (QED) is 0.555. The minimum atomic E-state index is -0.547. The van der Waals surface area contributed by atoms with Crippen LogP contribution >= 0.6 is 0 Å². The van der Waals surface area contributed by atoms with Gasteiger partial charge in [0.15, 0.2) is 12.4 Å². The average Bonchev–Trinajstić information content (AvgIpc) is 2.82. The lowest BCUT2D eigenvalue weighted by Crippen LogP contribution is -2.46. The summed E-state index contributed by atoms with van der Waals surface area (Å²) < 4.78 is 5.25. The van der Waals surface area contributed by atoms with Gasteiger partial charge in [-0.05, 0) is 36.8 Å². The third-order valence-electron chi connectivity index (χ3n) is 6.39. The lowest BCUT2D eigenvalue weighted by atomic mass is 9.75. The third kappa shape index (κ3) is 4.61. The van der Waals surface area contributed by atoms with Gasteiger partial charge in [0.2, 0.25) is 0 Å². The number of hydrogen-bond donors (Lipinski definition) is 0. The normalized spacial score (nSPS) is 20.9. The number of carbonyl (C=O) groups excluding carboxylic acids is 3. The molecule has 156 valence electrons. The van der Waals surface area contributed by atoms with Crippen molar-refractivity contribution in [1.29, 1.82) is 0 Å². The average molecular weight is 405 g/mol. The number of ketones is 1. The van der Waals surface area contributed by atoms with E-state index in [0.29, 0.717) is 22.6 Å². The lowest BCUT2D eigenvalue weighted by molar-refractivity contribution is -0.137. The van der Waals surface area contributed by atoms with Crippen molar-refractivity contribution in [1.82, 2.24) is 4.90 Å². The predicted octanol–water partition coefficient (Wildman–Crippen LogP) is 4.11. The van der Waals surface area contributed by atoms with Crippen LogP contribution in [0.3, 0.4) is 0 Å². The van der Waals surface area contributed by atoms with Crippen molar-refractivity contribution < 1.29 is 19.1 Å². The summed E-state index contributed by atoms with van der Waals surface area (Å²) >= 11 is 0. The second kappa shape index (κ2) is 9.24. The maximum atomic E-state index is 12.5. The maximum absolute atomic E-state index is 12.5. The van der Waals surface area contributed by atoms with Gasteiger partial charge in [-0.3, -0.25) is 9.59 Å². The zero-order chi connectivity index (χ0) is 20.9. The third-order valence-corrected chi connectivity index (χ3v) is 6.39. The van der Waals surface area contributed by atoms with Crippen molar-refractivity contribution in [2.45, 2.75) is 32.1 Å². The van der Waals surface area contributed by atoms with E-state index < -0.39 is 5.97 Å². The lowest BCUT2D eigenvalue weighted by Gasteiger charge is -2.41. The van der Waals surface area contributed by atoms with Gasteiger partial charge in [0, 0.05) is 24.2 Å². The molecular weight excluding hydrogens is 378 g/mol. The fourth-order valence-corrected chi connectivity index (χ4v) is 4.64. The monoisotopic (exact) mass is 405 g/mol. The second-order valence-corrected chi connectivity index (χ2v) is 8.28. The number of carbonyl (C=O) groups is 3. The van der Waals surface area contributed by atoms with E-state index in [1.54, 1.807) is 36.4 Å². The van der Waals surface area contributed by atoms with E-state index in [-0.39, 0.29) is 18.3 Å². The van der Waals surface area contributed by atoms with E-state index in [1.165, 1.54) is 25.7 Å². The number of ether oxygens (including phenoxy) is 1. The fraction of sp³-hybridized carbons (Fsp3) is 0.400. The van der Waals surface area contributed by atoms with Crippen LogP contribution in [0.2, 0.25) is 0 Å². The molecular formula is C25H27NO4. The Morgan fingerprint density at radius 3 is 2.17 bits per heavy atom. The SMILES string of the molecule is O=C(OCC(=O)N1CC[C@@H]2CCCC[C@@H]2C1)c1ccc(C(=O)c2ccccc2)cc1. The smallest absolute Gasteiger partial charge is 0.338 e. The van der Waals surface area contributed by atoms with E-state index in [1.807, 2.05) is 23.1 Å². The van der Waals surface area contributed by atoms with E-state index in [2.05, 4.69) is 0 Å². The molecule has 0 radical (unpaired) electrons. The minimum absolute atomic E-state index is 0.100. The van der Waals surface area contributed by atoms with Crippen molar-refractivity contribution in [3.8, 4) is 0 Å². The second-order valence-electron chi connectivity index (χ2n) is 8.28. The van der Waals surface area contributed by atoms with Crippen molar-refractivity contribution in [2.75, 3.05) is 19.7 Å². The molecule has 2 aromatic carbocycles. The van der Waals surface area contributed by atoms with Crippen LogP contribution in [0, 0.1) is 11.8 Å². The van der Waals surface area contributed by atoms with Crippen LogP contribution in [0.4, 0.5) is 0 Å². The van der Waals surface area contributed by atoms with Crippen LogP contribution in [-0.2, 0) is 9.53 Å². The summed E-state index contributed by atoms with van der Waals surface area (Å²) in [6.07, 6.45) is 6.09. The molecule has 5 heteroatoms. The Morgan fingerprint density at radius 1 is 0.800 bits per heavy atom. The van der Waals surface area contributed by atoms with Gasteiger partial charge >= 0.3 is 5.97 Å². The van der Waals surface area contributed by atoms with Gasteiger partial charge in [-0.2, -0.15) is 0 Å².